The van der Waals surface area contributed by atoms with Gasteiger partial charge in [-0.3, -0.25) is 23.5 Å². The Morgan fingerprint density at radius 1 is 0.887 bits per heavy atom. The molecule has 8 N–H and O–H groups in total. The van der Waals surface area contributed by atoms with Crippen molar-refractivity contribution in [2.75, 3.05) is 31.5 Å². The fraction of sp³-hybridized carbons (Fsp3) is 0.513. The Kier molecular flexibility index (Phi) is 15.5. The van der Waals surface area contributed by atoms with Crippen molar-refractivity contribution in [2.45, 2.75) is 97.4 Å². The number of carboxylic acid groups (broad SMARTS) is 1. The van der Waals surface area contributed by atoms with E-state index in [0.717, 1.165) is 30.4 Å². The number of hydrogen-bond donors (Lipinski definition) is 6. The number of anilines is 1. The molecule has 4 rings (SSSR count). The van der Waals surface area contributed by atoms with E-state index in [1.807, 2.05) is 60.9 Å². The monoisotopic (exact) mass is 732 g/mol. The number of hydrogen-bond acceptors (Lipinski definition) is 9. The number of rotatable bonds is 23. The van der Waals surface area contributed by atoms with Gasteiger partial charge in [0.05, 0.1) is 6.10 Å². The highest BCUT2D eigenvalue weighted by Gasteiger charge is 2.44. The number of benzene rings is 2. The molecule has 14 nitrogen and oxygen atoms in total. The van der Waals surface area contributed by atoms with E-state index in [4.69, 9.17) is 16.5 Å². The van der Waals surface area contributed by atoms with Crippen molar-refractivity contribution in [3.05, 3.63) is 92.4 Å². The van der Waals surface area contributed by atoms with Gasteiger partial charge in [-0.1, -0.05) is 75.6 Å². The molecular formula is C39H56N8O6. The first-order chi connectivity index (χ1) is 25.6. The summed E-state index contributed by atoms with van der Waals surface area (Å²) in [5.74, 6) is -1.26. The molecule has 0 fully saturated rings. The highest BCUT2D eigenvalue weighted by Crippen LogP contribution is 2.27. The number of nitrogens with zero attached hydrogens (tertiary/aromatic N) is 4. The normalized spacial score (nSPS) is 13.2. The second-order valence-electron chi connectivity index (χ2n) is 13.6. The van der Waals surface area contributed by atoms with Crippen LogP contribution in [0.25, 0.3) is 11.2 Å². The molecule has 2 aromatic heterocycles. The van der Waals surface area contributed by atoms with Crippen molar-refractivity contribution in [1.82, 2.24) is 24.0 Å². The first-order valence-electron chi connectivity index (χ1n) is 18.8. The van der Waals surface area contributed by atoms with Gasteiger partial charge >= 0.3 is 11.7 Å². The van der Waals surface area contributed by atoms with Gasteiger partial charge in [-0.25, -0.2) is 9.78 Å². The van der Waals surface area contributed by atoms with E-state index in [1.165, 1.54) is 4.57 Å². The third kappa shape index (κ3) is 10.3. The van der Waals surface area contributed by atoms with Gasteiger partial charge in [0.1, 0.15) is 5.82 Å². The summed E-state index contributed by atoms with van der Waals surface area (Å²) < 4.78 is 4.75. The Morgan fingerprint density at radius 2 is 1.60 bits per heavy atom. The smallest absolute Gasteiger partial charge is 0.332 e. The lowest BCUT2D eigenvalue weighted by Gasteiger charge is -2.26. The molecule has 0 saturated carbocycles. The number of aromatic nitrogens is 4. The van der Waals surface area contributed by atoms with Crippen molar-refractivity contribution in [2.24, 2.45) is 16.9 Å². The van der Waals surface area contributed by atoms with Crippen molar-refractivity contribution >= 4 is 28.7 Å². The zero-order valence-electron chi connectivity index (χ0n) is 31.1. The number of nitrogens with one attached hydrogen (secondary N) is 2. The van der Waals surface area contributed by atoms with Crippen molar-refractivity contribution in [1.29, 1.82) is 0 Å². The highest BCUT2D eigenvalue weighted by molar-refractivity contribution is 6.08. The lowest BCUT2D eigenvalue weighted by Crippen LogP contribution is -2.48. The summed E-state index contributed by atoms with van der Waals surface area (Å²) in [4.78, 5) is 58.3. The van der Waals surface area contributed by atoms with E-state index in [9.17, 15) is 29.4 Å². The summed E-state index contributed by atoms with van der Waals surface area (Å²) in [6.07, 6.45) is 4.76. The summed E-state index contributed by atoms with van der Waals surface area (Å²) in [5.41, 5.74) is 11.9. The number of carbonyl (C=O) groups is 2. The molecule has 0 spiro atoms. The lowest BCUT2D eigenvalue weighted by molar-refractivity contribution is -0.153. The fourth-order valence-corrected chi connectivity index (χ4v) is 6.49. The number of aliphatic hydroxyl groups excluding tert-OH is 1. The molecular weight excluding hydrogens is 676 g/mol. The molecule has 2 atom stereocenters. The van der Waals surface area contributed by atoms with Gasteiger partial charge in [-0.2, -0.15) is 0 Å². The Labute approximate surface area is 310 Å². The molecule has 53 heavy (non-hydrogen) atoms. The third-order valence-electron chi connectivity index (χ3n) is 9.80. The highest BCUT2D eigenvalue weighted by atomic mass is 16.4. The van der Waals surface area contributed by atoms with Crippen LogP contribution in [0.1, 0.15) is 75.7 Å². The maximum Gasteiger partial charge on any atom is 0.332 e. The molecule has 0 saturated heterocycles. The van der Waals surface area contributed by atoms with E-state index in [1.54, 1.807) is 16.7 Å². The van der Waals surface area contributed by atoms with Crippen LogP contribution >= 0.6 is 0 Å². The number of aliphatic hydroxyl groups is 1. The minimum atomic E-state index is -1.74. The largest absolute Gasteiger partial charge is 0.480 e. The topological polar surface area (TPSA) is 213 Å². The van der Waals surface area contributed by atoms with E-state index >= 15 is 0 Å². The number of carboxylic acids is 1. The standard InChI is InChI=1S/C39H56N8O6/c1-3-22-47-35(49)33-34(44-32(25-29-12-8-7-9-13-29)45(33)24-21-42-26-31(48)4-2)46(38(47)53)23-18-28-14-16-30(17-15-28)43-36(50)39(27-41,37(51)52)19-10-5-6-11-20-40/h7-9,12-17,31,42,48H,3-6,10-11,18-27,40-41H2,1-2H3,(H,43,50)(H,51,52). The van der Waals surface area contributed by atoms with E-state index in [0.29, 0.717) is 81.0 Å². The molecule has 288 valence electrons. The Hall–Kier alpha value is -4.63. The van der Waals surface area contributed by atoms with Gasteiger partial charge in [0.25, 0.3) is 5.56 Å². The number of amides is 1. The molecule has 0 radical (unpaired) electrons. The van der Waals surface area contributed by atoms with Gasteiger partial charge < -0.3 is 36.9 Å². The molecule has 4 aromatic rings. The number of carbonyl (C=O) groups excluding carboxylic acids is 1. The van der Waals surface area contributed by atoms with Crippen LogP contribution in [0.15, 0.2) is 64.2 Å². The maximum absolute atomic E-state index is 13.9. The number of fused-ring (bicyclic) bond motifs is 1. The quantitative estimate of drug-likeness (QED) is 0.0485. The first-order valence-corrected chi connectivity index (χ1v) is 18.8. The van der Waals surface area contributed by atoms with Crippen molar-refractivity contribution in [3.8, 4) is 0 Å². The Morgan fingerprint density at radius 3 is 2.25 bits per heavy atom. The number of imidazole rings is 1. The Balaban J connectivity index is 1.60. The van der Waals surface area contributed by atoms with Crippen LogP contribution in [0.3, 0.4) is 0 Å². The summed E-state index contributed by atoms with van der Waals surface area (Å²) >= 11 is 0. The first kappa shape index (κ1) is 41.1. The predicted octanol–water partition coefficient (Wildman–Crippen LogP) is 2.84. The van der Waals surface area contributed by atoms with Gasteiger partial charge in [0.15, 0.2) is 16.6 Å². The average Bonchev–Trinajstić information content (AvgIpc) is 3.51. The van der Waals surface area contributed by atoms with Crippen molar-refractivity contribution in [3.63, 3.8) is 0 Å². The zero-order valence-corrected chi connectivity index (χ0v) is 31.1. The molecule has 2 aromatic carbocycles. The van der Waals surface area contributed by atoms with Crippen LogP contribution in [0.5, 0.6) is 0 Å². The number of aryl methyl sites for hydroxylation is 2. The molecule has 2 unspecified atom stereocenters. The maximum atomic E-state index is 13.9. The summed E-state index contributed by atoms with van der Waals surface area (Å²) in [5, 5.41) is 26.1. The van der Waals surface area contributed by atoms with E-state index in [-0.39, 0.29) is 31.6 Å². The number of nitrogens with two attached hydrogens (primary N) is 2. The van der Waals surface area contributed by atoms with E-state index in [2.05, 4.69) is 10.6 Å². The second-order valence-corrected chi connectivity index (χ2v) is 13.6. The van der Waals surface area contributed by atoms with Gasteiger partial charge in [-0.15, -0.1) is 0 Å². The summed E-state index contributed by atoms with van der Waals surface area (Å²) in [6.45, 7) is 5.91. The number of aliphatic carboxylic acids is 1. The summed E-state index contributed by atoms with van der Waals surface area (Å²) in [7, 11) is 0. The molecule has 2 heterocycles. The van der Waals surface area contributed by atoms with Crippen LogP contribution in [0.2, 0.25) is 0 Å². The van der Waals surface area contributed by atoms with Crippen LogP contribution in [-0.4, -0.2) is 73.1 Å². The molecule has 0 aliphatic carbocycles. The third-order valence-corrected chi connectivity index (χ3v) is 9.80. The second kappa shape index (κ2) is 20.0. The predicted molar refractivity (Wildman–Crippen MR) is 207 cm³/mol. The van der Waals surface area contributed by atoms with Crippen LogP contribution in [0.4, 0.5) is 5.69 Å². The molecule has 1 amide bonds. The molecule has 0 aliphatic rings. The minimum Gasteiger partial charge on any atom is -0.480 e. The fourth-order valence-electron chi connectivity index (χ4n) is 6.49. The van der Waals surface area contributed by atoms with Crippen LogP contribution in [-0.2, 0) is 42.1 Å². The van der Waals surface area contributed by atoms with E-state index < -0.39 is 29.1 Å². The SMILES string of the molecule is CCCn1c(=O)c2c(nc(Cc3ccccc3)n2CCNCC(O)CC)n(CCc2ccc(NC(=O)C(CN)(CCCCCCN)C(=O)O)cc2)c1=O. The average molecular weight is 733 g/mol. The zero-order chi connectivity index (χ0) is 38.4. The van der Waals surface area contributed by atoms with Crippen LogP contribution < -0.4 is 33.3 Å². The molecule has 14 heteroatoms. The summed E-state index contributed by atoms with van der Waals surface area (Å²) in [6, 6.07) is 16.8. The molecule has 0 aliphatic heterocycles. The minimum absolute atomic E-state index is 0.123. The van der Waals surface area contributed by atoms with Crippen molar-refractivity contribution < 1.29 is 19.8 Å². The molecule has 0 bridgehead atoms. The van der Waals surface area contributed by atoms with Crippen LogP contribution in [0, 0.1) is 5.41 Å². The lowest BCUT2D eigenvalue weighted by atomic mass is 9.81. The van der Waals surface area contributed by atoms with Gasteiger partial charge in [-0.05, 0) is 61.9 Å². The van der Waals surface area contributed by atoms with Gasteiger partial charge in [0, 0.05) is 51.4 Å². The number of unbranched alkanes of at least 4 members (excludes halogenated alkanes) is 3. The van der Waals surface area contributed by atoms with Gasteiger partial charge in [0.2, 0.25) is 5.91 Å². The Bertz CT molecular complexity index is 1900.